The molecular weight excluding hydrogens is 333 g/mol. The predicted molar refractivity (Wildman–Crippen MR) is 97.5 cm³/mol. The van der Waals surface area contributed by atoms with E-state index in [0.29, 0.717) is 18.1 Å². The summed E-state index contributed by atoms with van der Waals surface area (Å²) in [7, 11) is 0. The van der Waals surface area contributed by atoms with Gasteiger partial charge in [-0.2, -0.15) is 0 Å². The summed E-state index contributed by atoms with van der Waals surface area (Å²) in [6.07, 6.45) is 6.11. The van der Waals surface area contributed by atoms with Gasteiger partial charge in [0, 0.05) is 39.0 Å². The zero-order valence-corrected chi connectivity index (χ0v) is 15.4. The lowest BCUT2D eigenvalue weighted by Crippen LogP contribution is -2.43. The minimum absolute atomic E-state index is 0.169. The Morgan fingerprint density at radius 3 is 2.62 bits per heavy atom. The molecule has 4 rings (SSSR count). The van der Waals surface area contributed by atoms with Crippen LogP contribution >= 0.6 is 0 Å². The van der Waals surface area contributed by atoms with Crippen molar-refractivity contribution in [1.29, 1.82) is 0 Å². The van der Waals surface area contributed by atoms with E-state index in [1.807, 2.05) is 12.1 Å². The van der Waals surface area contributed by atoms with E-state index >= 15 is 0 Å². The number of nitrogens with zero attached hydrogens (tertiary/aromatic N) is 1. The van der Waals surface area contributed by atoms with E-state index in [1.54, 1.807) is 12.1 Å². The van der Waals surface area contributed by atoms with Crippen molar-refractivity contribution in [3.05, 3.63) is 35.6 Å². The van der Waals surface area contributed by atoms with Gasteiger partial charge in [-0.15, -0.1) is 0 Å². The van der Waals surface area contributed by atoms with E-state index in [-0.39, 0.29) is 11.9 Å². The molecule has 1 aromatic carbocycles. The quantitative estimate of drug-likeness (QED) is 0.775. The van der Waals surface area contributed by atoms with E-state index in [4.69, 9.17) is 14.2 Å². The Morgan fingerprint density at radius 1 is 1.00 bits per heavy atom. The van der Waals surface area contributed by atoms with Crippen LogP contribution in [0.15, 0.2) is 24.3 Å². The summed E-state index contributed by atoms with van der Waals surface area (Å²) in [4.78, 5) is 2.50. The molecule has 0 amide bonds. The Labute approximate surface area is 155 Å². The first-order valence-electron chi connectivity index (χ1n) is 10.1. The van der Waals surface area contributed by atoms with Gasteiger partial charge in [0.25, 0.3) is 0 Å². The maximum absolute atomic E-state index is 13.1. The molecule has 0 spiro atoms. The monoisotopic (exact) mass is 363 g/mol. The lowest BCUT2D eigenvalue weighted by Gasteiger charge is -2.36. The van der Waals surface area contributed by atoms with Crippen molar-refractivity contribution in [2.45, 2.75) is 56.9 Å². The van der Waals surface area contributed by atoms with E-state index in [2.05, 4.69) is 4.90 Å². The number of ether oxygens (including phenoxy) is 3. The first kappa shape index (κ1) is 18.4. The van der Waals surface area contributed by atoms with Gasteiger partial charge in [-0.05, 0) is 55.7 Å². The summed E-state index contributed by atoms with van der Waals surface area (Å²) in [5, 5.41) is 0. The third-order valence-corrected chi connectivity index (χ3v) is 6.05. The van der Waals surface area contributed by atoms with Crippen molar-refractivity contribution < 1.29 is 18.6 Å². The number of hydrogen-bond donors (Lipinski definition) is 0. The van der Waals surface area contributed by atoms with Crippen LogP contribution in [-0.4, -0.2) is 56.1 Å². The molecule has 3 atom stereocenters. The van der Waals surface area contributed by atoms with Gasteiger partial charge in [-0.25, -0.2) is 4.39 Å². The second-order valence-electron chi connectivity index (χ2n) is 7.92. The second kappa shape index (κ2) is 8.79. The van der Waals surface area contributed by atoms with Crippen LogP contribution in [0.5, 0.6) is 0 Å². The van der Waals surface area contributed by atoms with E-state index < -0.39 is 0 Å². The molecule has 26 heavy (non-hydrogen) atoms. The van der Waals surface area contributed by atoms with Crippen LogP contribution < -0.4 is 0 Å². The van der Waals surface area contributed by atoms with Gasteiger partial charge in [0.15, 0.2) is 0 Å². The van der Waals surface area contributed by atoms with Crippen molar-refractivity contribution in [1.82, 2.24) is 4.90 Å². The van der Waals surface area contributed by atoms with Crippen LogP contribution in [0.25, 0.3) is 0 Å². The maximum atomic E-state index is 13.1. The fourth-order valence-electron chi connectivity index (χ4n) is 4.51. The highest BCUT2D eigenvalue weighted by molar-refractivity contribution is 5.16. The van der Waals surface area contributed by atoms with Gasteiger partial charge >= 0.3 is 0 Å². The maximum Gasteiger partial charge on any atom is 0.123 e. The molecular formula is C21H30FNO3. The summed E-state index contributed by atoms with van der Waals surface area (Å²) >= 11 is 0. The number of benzene rings is 1. The molecule has 0 N–H and O–H groups in total. The fourth-order valence-corrected chi connectivity index (χ4v) is 4.51. The van der Waals surface area contributed by atoms with Crippen LogP contribution in [0, 0.1) is 11.7 Å². The number of rotatable bonds is 6. The molecule has 0 unspecified atom stereocenters. The van der Waals surface area contributed by atoms with Gasteiger partial charge < -0.3 is 14.2 Å². The number of halogens is 1. The van der Waals surface area contributed by atoms with Crippen molar-refractivity contribution in [2.75, 3.05) is 33.0 Å². The van der Waals surface area contributed by atoms with Crippen LogP contribution in [0.2, 0.25) is 0 Å². The van der Waals surface area contributed by atoms with E-state index in [9.17, 15) is 4.39 Å². The number of likely N-dealkylation sites (tertiary alicyclic amines) is 1. The van der Waals surface area contributed by atoms with Gasteiger partial charge in [0.05, 0.1) is 18.8 Å². The van der Waals surface area contributed by atoms with Crippen molar-refractivity contribution in [3.63, 3.8) is 0 Å². The first-order chi connectivity index (χ1) is 12.8. The summed E-state index contributed by atoms with van der Waals surface area (Å²) in [5.41, 5.74) is 1.17. The van der Waals surface area contributed by atoms with Crippen molar-refractivity contribution in [2.24, 2.45) is 5.92 Å². The minimum Gasteiger partial charge on any atom is -0.381 e. The molecule has 0 bridgehead atoms. The zero-order valence-electron chi connectivity index (χ0n) is 15.4. The van der Waals surface area contributed by atoms with Gasteiger partial charge in [-0.1, -0.05) is 12.1 Å². The van der Waals surface area contributed by atoms with Gasteiger partial charge in [0.1, 0.15) is 5.82 Å². The summed E-state index contributed by atoms with van der Waals surface area (Å²) in [5.74, 6) is 0.482. The fraction of sp³-hybridized carbons (Fsp3) is 0.714. The van der Waals surface area contributed by atoms with Crippen molar-refractivity contribution >= 4 is 0 Å². The number of hydrogen-bond acceptors (Lipinski definition) is 4. The molecule has 0 saturated carbocycles. The largest absolute Gasteiger partial charge is 0.381 e. The first-order valence-corrected chi connectivity index (χ1v) is 10.1. The third-order valence-electron chi connectivity index (χ3n) is 6.05. The van der Waals surface area contributed by atoms with Crippen molar-refractivity contribution in [3.8, 4) is 0 Å². The van der Waals surface area contributed by atoms with E-state index in [1.165, 1.54) is 5.56 Å². The summed E-state index contributed by atoms with van der Waals surface area (Å²) in [6.45, 7) is 5.26. The molecule has 3 aliphatic rings. The smallest absolute Gasteiger partial charge is 0.123 e. The Morgan fingerprint density at radius 2 is 1.81 bits per heavy atom. The molecule has 3 heterocycles. The van der Waals surface area contributed by atoms with Crippen LogP contribution in [0.3, 0.4) is 0 Å². The molecule has 3 aliphatic heterocycles. The molecule has 4 nitrogen and oxygen atoms in total. The Kier molecular flexibility index (Phi) is 6.20. The average molecular weight is 363 g/mol. The number of fused-ring (bicyclic) bond motifs is 1. The summed E-state index contributed by atoms with van der Waals surface area (Å²) in [6, 6.07) is 7.36. The average Bonchev–Trinajstić information content (AvgIpc) is 3.07. The normalized spacial score (nSPS) is 30.4. The summed E-state index contributed by atoms with van der Waals surface area (Å²) < 4.78 is 30.8. The minimum atomic E-state index is -0.169. The second-order valence-corrected chi connectivity index (χ2v) is 7.92. The Hall–Kier alpha value is -1.01. The zero-order chi connectivity index (χ0) is 17.8. The van der Waals surface area contributed by atoms with Gasteiger partial charge in [0.2, 0.25) is 0 Å². The standard InChI is InChI=1S/C21H30FNO3/c22-18-3-1-16(2-4-18)13-23-10-7-21-20(23)6-5-19(26-21)15-25-14-17-8-11-24-12-9-17/h1-4,17,19-21H,5-15H2/t19-,20-,21-/m0/s1. The molecule has 3 saturated heterocycles. The molecule has 5 heteroatoms. The molecule has 144 valence electrons. The highest BCUT2D eigenvalue weighted by atomic mass is 19.1. The molecule has 3 fully saturated rings. The molecule has 0 radical (unpaired) electrons. The topological polar surface area (TPSA) is 30.9 Å². The van der Waals surface area contributed by atoms with Crippen LogP contribution in [-0.2, 0) is 20.8 Å². The molecule has 1 aromatic rings. The highest BCUT2D eigenvalue weighted by Crippen LogP contribution is 2.32. The highest BCUT2D eigenvalue weighted by Gasteiger charge is 2.39. The molecule has 0 aliphatic carbocycles. The SMILES string of the molecule is Fc1ccc(CN2CC[C@@H]3O[C@H](COCC4CCOCC4)CC[C@@H]32)cc1. The van der Waals surface area contributed by atoms with Gasteiger partial charge in [-0.3, -0.25) is 4.90 Å². The van der Waals surface area contributed by atoms with Crippen LogP contribution in [0.1, 0.15) is 37.7 Å². The van der Waals surface area contributed by atoms with Crippen LogP contribution in [0.4, 0.5) is 4.39 Å². The lowest BCUT2D eigenvalue weighted by atomic mass is 9.99. The Bertz CT molecular complexity index is 561. The Balaban J connectivity index is 1.21. The van der Waals surface area contributed by atoms with E-state index in [0.717, 1.165) is 71.6 Å². The third kappa shape index (κ3) is 4.63. The molecule has 0 aromatic heterocycles. The lowest BCUT2D eigenvalue weighted by molar-refractivity contribution is -0.105. The predicted octanol–water partition coefficient (Wildman–Crippen LogP) is 3.39.